The van der Waals surface area contributed by atoms with Crippen LogP contribution in [0.5, 0.6) is 5.75 Å². The zero-order chi connectivity index (χ0) is 14.6. The lowest BCUT2D eigenvalue weighted by atomic mass is 10.1. The van der Waals surface area contributed by atoms with E-state index in [9.17, 15) is 13.2 Å². The highest BCUT2D eigenvalue weighted by Gasteiger charge is 2.32. The van der Waals surface area contributed by atoms with Crippen LogP contribution >= 0.6 is 0 Å². The molecule has 0 amide bonds. The van der Waals surface area contributed by atoms with E-state index in [1.807, 2.05) is 0 Å². The van der Waals surface area contributed by atoms with Crippen LogP contribution in [0.1, 0.15) is 11.3 Å². The van der Waals surface area contributed by atoms with Crippen molar-refractivity contribution in [3.63, 3.8) is 0 Å². The van der Waals surface area contributed by atoms with Gasteiger partial charge in [-0.3, -0.25) is 0 Å². The number of benzene rings is 1. The van der Waals surface area contributed by atoms with E-state index in [1.54, 1.807) is 24.3 Å². The Kier molecular flexibility index (Phi) is 4.07. The van der Waals surface area contributed by atoms with Gasteiger partial charge in [0.05, 0.1) is 0 Å². The minimum atomic E-state index is -4.48. The Labute approximate surface area is 113 Å². The number of nitrogens with zero attached hydrogens (tertiary/aromatic N) is 2. The van der Waals surface area contributed by atoms with Gasteiger partial charge in [-0.25, -0.2) is 9.97 Å². The lowest BCUT2D eigenvalue weighted by Gasteiger charge is -2.08. The van der Waals surface area contributed by atoms with Crippen molar-refractivity contribution < 1.29 is 18.3 Å². The maximum Gasteiger partial charge on any atom is 0.433 e. The van der Waals surface area contributed by atoms with Crippen LogP contribution in [0.4, 0.5) is 19.1 Å². The molecule has 1 heterocycles. The zero-order valence-electron chi connectivity index (χ0n) is 10.4. The topological polar surface area (TPSA) is 58.0 Å². The summed E-state index contributed by atoms with van der Waals surface area (Å²) in [4.78, 5) is 7.14. The number of alkyl halides is 3. The molecule has 0 radical (unpaired) electrons. The molecule has 0 atom stereocenters. The van der Waals surface area contributed by atoms with E-state index in [0.717, 1.165) is 17.8 Å². The van der Waals surface area contributed by atoms with Crippen LogP contribution < -0.4 is 5.32 Å². The highest BCUT2D eigenvalue weighted by atomic mass is 19.4. The summed E-state index contributed by atoms with van der Waals surface area (Å²) in [6.07, 6.45) is -2.82. The number of phenols is 1. The highest BCUT2D eigenvalue weighted by Crippen LogP contribution is 2.27. The Bertz CT molecular complexity index is 570. The average Bonchev–Trinajstić information content (AvgIpc) is 2.40. The standard InChI is InChI=1S/C13H12F3N3O/c14-13(15,16)11-6-8-18-12(19-11)17-7-5-9-1-3-10(20)4-2-9/h1-4,6,8,20H,5,7H2,(H,17,18,19). The van der Waals surface area contributed by atoms with E-state index in [0.29, 0.717) is 13.0 Å². The summed E-state index contributed by atoms with van der Waals surface area (Å²) in [5.74, 6) is 0.113. The maximum atomic E-state index is 12.5. The van der Waals surface area contributed by atoms with Gasteiger partial charge in [0.15, 0.2) is 0 Å². The van der Waals surface area contributed by atoms with Gasteiger partial charge in [0.1, 0.15) is 11.4 Å². The van der Waals surface area contributed by atoms with Gasteiger partial charge in [0.2, 0.25) is 5.95 Å². The average molecular weight is 283 g/mol. The SMILES string of the molecule is Oc1ccc(CCNc2nccc(C(F)(F)F)n2)cc1. The Morgan fingerprint density at radius 1 is 1.10 bits per heavy atom. The molecule has 2 N–H and O–H groups in total. The number of aromatic nitrogens is 2. The Balaban J connectivity index is 1.93. The monoisotopic (exact) mass is 283 g/mol. The van der Waals surface area contributed by atoms with Crippen LogP contribution in [0.3, 0.4) is 0 Å². The minimum Gasteiger partial charge on any atom is -0.508 e. The van der Waals surface area contributed by atoms with Crippen LogP contribution in [-0.2, 0) is 12.6 Å². The number of aromatic hydroxyl groups is 1. The lowest BCUT2D eigenvalue weighted by Crippen LogP contribution is -2.13. The van der Waals surface area contributed by atoms with Gasteiger partial charge < -0.3 is 10.4 Å². The van der Waals surface area contributed by atoms with Crippen molar-refractivity contribution >= 4 is 5.95 Å². The van der Waals surface area contributed by atoms with Gasteiger partial charge in [0, 0.05) is 12.7 Å². The number of phenolic OH excluding ortho intramolecular Hbond substituents is 1. The van der Waals surface area contributed by atoms with Gasteiger partial charge >= 0.3 is 6.18 Å². The highest BCUT2D eigenvalue weighted by molar-refractivity contribution is 5.29. The molecule has 0 saturated carbocycles. The quantitative estimate of drug-likeness (QED) is 0.906. The number of rotatable bonds is 4. The number of hydrogen-bond acceptors (Lipinski definition) is 4. The van der Waals surface area contributed by atoms with Crippen LogP contribution in [0, 0.1) is 0 Å². The van der Waals surface area contributed by atoms with Gasteiger partial charge in [-0.05, 0) is 30.2 Å². The molecule has 0 aliphatic carbocycles. The molecular weight excluding hydrogens is 271 g/mol. The number of hydrogen-bond donors (Lipinski definition) is 2. The van der Waals surface area contributed by atoms with E-state index in [-0.39, 0.29) is 11.7 Å². The predicted molar refractivity (Wildman–Crippen MR) is 67.3 cm³/mol. The van der Waals surface area contributed by atoms with Crippen molar-refractivity contribution in [3.05, 3.63) is 47.8 Å². The molecule has 106 valence electrons. The third-order valence-electron chi connectivity index (χ3n) is 2.58. The Morgan fingerprint density at radius 3 is 2.45 bits per heavy atom. The van der Waals surface area contributed by atoms with Crippen LogP contribution in [0.25, 0.3) is 0 Å². The minimum absolute atomic E-state index is 0.0568. The molecule has 0 fully saturated rings. The predicted octanol–water partition coefficient (Wildman–Crippen LogP) is 2.86. The smallest absolute Gasteiger partial charge is 0.433 e. The third kappa shape index (κ3) is 3.84. The van der Waals surface area contributed by atoms with Crippen molar-refractivity contribution in [2.75, 3.05) is 11.9 Å². The van der Waals surface area contributed by atoms with Crippen LogP contribution in [0.15, 0.2) is 36.5 Å². The second-order valence-corrected chi connectivity index (χ2v) is 4.11. The molecule has 4 nitrogen and oxygen atoms in total. The third-order valence-corrected chi connectivity index (χ3v) is 2.58. The summed E-state index contributed by atoms with van der Waals surface area (Å²) in [5.41, 5.74) is -0.0260. The van der Waals surface area contributed by atoms with E-state index >= 15 is 0 Å². The van der Waals surface area contributed by atoms with Crippen molar-refractivity contribution in [2.24, 2.45) is 0 Å². The second-order valence-electron chi connectivity index (χ2n) is 4.11. The van der Waals surface area contributed by atoms with E-state index < -0.39 is 11.9 Å². The molecule has 0 aliphatic rings. The van der Waals surface area contributed by atoms with Crippen molar-refractivity contribution in [1.29, 1.82) is 0 Å². The first kappa shape index (κ1) is 14.1. The molecule has 2 aromatic rings. The second kappa shape index (κ2) is 5.77. The van der Waals surface area contributed by atoms with Gasteiger partial charge in [-0.1, -0.05) is 12.1 Å². The summed E-state index contributed by atoms with van der Waals surface area (Å²) in [7, 11) is 0. The molecule has 1 aromatic heterocycles. The molecule has 0 bridgehead atoms. The van der Waals surface area contributed by atoms with E-state index in [4.69, 9.17) is 5.11 Å². The van der Waals surface area contributed by atoms with Gasteiger partial charge in [-0.15, -0.1) is 0 Å². The van der Waals surface area contributed by atoms with E-state index in [1.165, 1.54) is 0 Å². The summed E-state index contributed by atoms with van der Waals surface area (Å²) in [5, 5.41) is 11.9. The van der Waals surface area contributed by atoms with Crippen molar-refractivity contribution in [1.82, 2.24) is 9.97 Å². The molecule has 2 rings (SSSR count). The first-order chi connectivity index (χ1) is 9.45. The molecular formula is C13H12F3N3O. The normalized spacial score (nSPS) is 11.3. The number of halogens is 3. The number of anilines is 1. The lowest BCUT2D eigenvalue weighted by molar-refractivity contribution is -0.141. The van der Waals surface area contributed by atoms with E-state index in [2.05, 4.69) is 15.3 Å². The summed E-state index contributed by atoms with van der Waals surface area (Å²) in [6.45, 7) is 0.395. The molecule has 1 aromatic carbocycles. The molecule has 0 spiro atoms. The molecule has 0 unspecified atom stereocenters. The van der Waals surface area contributed by atoms with Crippen LogP contribution in [0.2, 0.25) is 0 Å². The van der Waals surface area contributed by atoms with Crippen LogP contribution in [-0.4, -0.2) is 21.6 Å². The summed E-state index contributed by atoms with van der Waals surface area (Å²) < 4.78 is 37.4. The molecule has 7 heteroatoms. The van der Waals surface area contributed by atoms with Crippen molar-refractivity contribution in [3.8, 4) is 5.75 Å². The Hall–Kier alpha value is -2.31. The molecule has 0 saturated heterocycles. The first-order valence-electron chi connectivity index (χ1n) is 5.87. The summed E-state index contributed by atoms with van der Waals surface area (Å²) in [6, 6.07) is 7.41. The van der Waals surface area contributed by atoms with Gasteiger partial charge in [0.25, 0.3) is 0 Å². The first-order valence-corrected chi connectivity index (χ1v) is 5.87. The fourth-order valence-corrected chi connectivity index (χ4v) is 1.58. The Morgan fingerprint density at radius 2 is 1.80 bits per heavy atom. The van der Waals surface area contributed by atoms with Gasteiger partial charge in [-0.2, -0.15) is 13.2 Å². The molecule has 0 aliphatic heterocycles. The fourth-order valence-electron chi connectivity index (χ4n) is 1.58. The number of nitrogens with one attached hydrogen (secondary N) is 1. The maximum absolute atomic E-state index is 12.5. The zero-order valence-corrected chi connectivity index (χ0v) is 10.4. The van der Waals surface area contributed by atoms with Crippen molar-refractivity contribution in [2.45, 2.75) is 12.6 Å². The molecule has 20 heavy (non-hydrogen) atoms. The summed E-state index contributed by atoms with van der Waals surface area (Å²) >= 11 is 0. The fraction of sp³-hybridized carbons (Fsp3) is 0.231. The largest absolute Gasteiger partial charge is 0.508 e.